The van der Waals surface area contributed by atoms with Crippen molar-refractivity contribution in [2.45, 2.75) is 24.8 Å². The van der Waals surface area contributed by atoms with Crippen LogP contribution in [0, 0.1) is 6.92 Å². The number of aromatic nitrogens is 2. The molecule has 0 spiro atoms. The van der Waals surface area contributed by atoms with Gasteiger partial charge in [-0.15, -0.1) is 0 Å². The Morgan fingerprint density at radius 2 is 2.10 bits per heavy atom. The van der Waals surface area contributed by atoms with Crippen molar-refractivity contribution in [1.82, 2.24) is 15.1 Å². The fourth-order valence-corrected chi connectivity index (χ4v) is 2.85. The monoisotopic (exact) mass is 305 g/mol. The molecule has 0 radical (unpaired) electrons. The molecule has 0 fully saturated rings. The Hall–Kier alpha value is -1.95. The van der Waals surface area contributed by atoms with Crippen LogP contribution in [-0.2, 0) is 22.1 Å². The molecule has 0 aliphatic carbocycles. The first-order chi connectivity index (χ1) is 10.1. The number of nitrogens with one attached hydrogen (secondary N) is 1. The number of hydrogen-bond acceptors (Lipinski definition) is 3. The van der Waals surface area contributed by atoms with E-state index < -0.39 is 10.8 Å². The minimum absolute atomic E-state index is 0.0479. The van der Waals surface area contributed by atoms with Crippen molar-refractivity contribution in [3.05, 3.63) is 48.3 Å². The lowest BCUT2D eigenvalue weighted by molar-refractivity contribution is -0.121. The number of nitrogens with zero attached hydrogens (tertiary/aromatic N) is 2. The predicted molar refractivity (Wildman–Crippen MR) is 82.3 cm³/mol. The van der Waals surface area contributed by atoms with Crippen LogP contribution in [0.1, 0.15) is 12.0 Å². The second-order valence-electron chi connectivity index (χ2n) is 4.74. The summed E-state index contributed by atoms with van der Waals surface area (Å²) < 4.78 is 13.7. The molecule has 0 unspecified atom stereocenters. The Labute approximate surface area is 126 Å². The predicted octanol–water partition coefficient (Wildman–Crippen LogP) is 1.51. The number of benzene rings is 1. The molecule has 1 amide bonds. The van der Waals surface area contributed by atoms with Gasteiger partial charge < -0.3 is 5.32 Å². The molecule has 21 heavy (non-hydrogen) atoms. The smallest absolute Gasteiger partial charge is 0.221 e. The lowest BCUT2D eigenvalue weighted by Crippen LogP contribution is -2.28. The van der Waals surface area contributed by atoms with Gasteiger partial charge in [0.05, 0.1) is 17.0 Å². The summed E-state index contributed by atoms with van der Waals surface area (Å²) in [7, 11) is -1.07. The number of carbonyl (C=O) groups excluding carboxylic acids is 1. The second-order valence-corrected chi connectivity index (χ2v) is 6.31. The molecule has 1 N–H and O–H groups in total. The van der Waals surface area contributed by atoms with E-state index in [4.69, 9.17) is 0 Å². The van der Waals surface area contributed by atoms with Crippen molar-refractivity contribution in [3.8, 4) is 0 Å². The van der Waals surface area contributed by atoms with E-state index in [0.29, 0.717) is 25.3 Å². The van der Waals surface area contributed by atoms with Gasteiger partial charge in [0.25, 0.3) is 0 Å². The fraction of sp³-hybridized carbons (Fsp3) is 0.333. The van der Waals surface area contributed by atoms with Gasteiger partial charge in [0.1, 0.15) is 0 Å². The molecule has 5 nitrogen and oxygen atoms in total. The number of rotatable bonds is 7. The summed E-state index contributed by atoms with van der Waals surface area (Å²) in [6, 6.07) is 9.27. The summed E-state index contributed by atoms with van der Waals surface area (Å²) >= 11 is 0. The minimum atomic E-state index is -1.07. The molecular formula is C15H19N3O2S. The zero-order valence-electron chi connectivity index (χ0n) is 12.0. The molecule has 1 heterocycles. The molecule has 112 valence electrons. The zero-order valence-corrected chi connectivity index (χ0v) is 12.8. The van der Waals surface area contributed by atoms with Crippen LogP contribution >= 0.6 is 0 Å². The summed E-state index contributed by atoms with van der Waals surface area (Å²) in [5.41, 5.74) is 1.08. The van der Waals surface area contributed by atoms with Crippen molar-refractivity contribution < 1.29 is 9.00 Å². The van der Waals surface area contributed by atoms with Crippen LogP contribution in [0.4, 0.5) is 0 Å². The molecular weight excluding hydrogens is 286 g/mol. The van der Waals surface area contributed by atoms with Crippen LogP contribution in [0.2, 0.25) is 0 Å². The lowest BCUT2D eigenvalue weighted by Gasteiger charge is -2.06. The van der Waals surface area contributed by atoms with Crippen LogP contribution < -0.4 is 5.32 Å². The highest BCUT2D eigenvalue weighted by molar-refractivity contribution is 7.85. The zero-order chi connectivity index (χ0) is 15.1. The number of carbonyl (C=O) groups is 1. The normalized spacial score (nSPS) is 12.0. The number of hydrogen-bond donors (Lipinski definition) is 1. The molecule has 0 saturated carbocycles. The summed E-state index contributed by atoms with van der Waals surface area (Å²) in [5, 5.41) is 6.91. The van der Waals surface area contributed by atoms with E-state index in [1.165, 1.54) is 0 Å². The fourth-order valence-electron chi connectivity index (χ4n) is 1.87. The van der Waals surface area contributed by atoms with E-state index >= 15 is 0 Å². The van der Waals surface area contributed by atoms with Crippen LogP contribution in [0.25, 0.3) is 0 Å². The van der Waals surface area contributed by atoms with Crippen molar-refractivity contribution in [2.24, 2.45) is 0 Å². The molecule has 1 aromatic heterocycles. The average Bonchev–Trinajstić information content (AvgIpc) is 2.91. The molecule has 0 aliphatic rings. The van der Waals surface area contributed by atoms with E-state index in [2.05, 4.69) is 10.4 Å². The average molecular weight is 305 g/mol. The third-order valence-corrected chi connectivity index (χ3v) is 4.32. The van der Waals surface area contributed by atoms with Gasteiger partial charge in [-0.05, 0) is 24.6 Å². The van der Waals surface area contributed by atoms with E-state index in [1.54, 1.807) is 10.9 Å². The van der Waals surface area contributed by atoms with Crippen molar-refractivity contribution >= 4 is 16.7 Å². The lowest BCUT2D eigenvalue weighted by atomic mass is 10.4. The van der Waals surface area contributed by atoms with Gasteiger partial charge in [-0.1, -0.05) is 18.2 Å². The Morgan fingerprint density at radius 3 is 2.76 bits per heavy atom. The Balaban J connectivity index is 1.66. The quantitative estimate of drug-likeness (QED) is 0.843. The molecule has 0 aliphatic heterocycles. The molecule has 6 heteroatoms. The third kappa shape index (κ3) is 5.15. The van der Waals surface area contributed by atoms with Gasteiger partial charge in [0.15, 0.2) is 0 Å². The van der Waals surface area contributed by atoms with Gasteiger partial charge >= 0.3 is 0 Å². The van der Waals surface area contributed by atoms with Crippen molar-refractivity contribution in [1.29, 1.82) is 0 Å². The van der Waals surface area contributed by atoms with E-state index in [9.17, 15) is 9.00 Å². The Morgan fingerprint density at radius 1 is 1.33 bits per heavy atom. The molecule has 0 bridgehead atoms. The topological polar surface area (TPSA) is 64.0 Å². The van der Waals surface area contributed by atoms with Crippen LogP contribution in [0.5, 0.6) is 0 Å². The maximum atomic E-state index is 12.0. The van der Waals surface area contributed by atoms with Crippen LogP contribution in [-0.4, -0.2) is 32.2 Å². The van der Waals surface area contributed by atoms with Gasteiger partial charge in [0.2, 0.25) is 5.91 Å². The minimum Gasteiger partial charge on any atom is -0.355 e. The summed E-state index contributed by atoms with van der Waals surface area (Å²) in [6.07, 6.45) is 4.04. The second kappa shape index (κ2) is 7.73. The van der Waals surface area contributed by atoms with E-state index in [1.807, 2.05) is 43.5 Å². The van der Waals surface area contributed by atoms with Crippen LogP contribution in [0.3, 0.4) is 0 Å². The highest BCUT2D eigenvalue weighted by Crippen LogP contribution is 2.04. The van der Waals surface area contributed by atoms with Gasteiger partial charge in [-0.2, -0.15) is 5.10 Å². The molecule has 1 atom stereocenters. The molecule has 2 rings (SSSR count). The largest absolute Gasteiger partial charge is 0.355 e. The van der Waals surface area contributed by atoms with Crippen molar-refractivity contribution in [3.63, 3.8) is 0 Å². The summed E-state index contributed by atoms with van der Waals surface area (Å²) in [4.78, 5) is 12.5. The Bertz CT molecular complexity index is 610. The number of amides is 1. The first kappa shape index (κ1) is 15.4. The Kier molecular flexibility index (Phi) is 5.68. The van der Waals surface area contributed by atoms with E-state index in [-0.39, 0.29) is 5.91 Å². The van der Waals surface area contributed by atoms with Gasteiger partial charge in [-0.3, -0.25) is 13.7 Å². The van der Waals surface area contributed by atoms with Gasteiger partial charge in [0, 0.05) is 36.4 Å². The molecule has 0 saturated heterocycles. The highest BCUT2D eigenvalue weighted by Gasteiger charge is 2.05. The summed E-state index contributed by atoms with van der Waals surface area (Å²) in [6.45, 7) is 2.93. The summed E-state index contributed by atoms with van der Waals surface area (Å²) in [5.74, 6) is 0.379. The SMILES string of the molecule is Cc1cnn(CCC(=O)NCC[S@](=O)c2ccccc2)c1. The highest BCUT2D eigenvalue weighted by atomic mass is 32.2. The first-order valence-corrected chi connectivity index (χ1v) is 8.16. The maximum Gasteiger partial charge on any atom is 0.221 e. The third-order valence-electron chi connectivity index (χ3n) is 2.95. The van der Waals surface area contributed by atoms with E-state index in [0.717, 1.165) is 10.5 Å². The first-order valence-electron chi connectivity index (χ1n) is 6.84. The van der Waals surface area contributed by atoms with Gasteiger partial charge in [-0.25, -0.2) is 0 Å². The van der Waals surface area contributed by atoms with Crippen LogP contribution in [0.15, 0.2) is 47.6 Å². The van der Waals surface area contributed by atoms with Crippen molar-refractivity contribution in [2.75, 3.05) is 12.3 Å². The molecule has 1 aromatic carbocycles. The number of aryl methyl sites for hydroxylation is 2. The maximum absolute atomic E-state index is 12.0. The molecule has 2 aromatic rings. The standard InChI is InChI=1S/C15H19N3O2S/c1-13-11-17-18(12-13)9-7-15(19)16-8-10-21(20)14-5-3-2-4-6-14/h2-6,11-12H,7-10H2,1H3,(H,16,19)/t21-/m0/s1.